The lowest BCUT2D eigenvalue weighted by molar-refractivity contribution is -0.116. The molecule has 1 aliphatic rings. The van der Waals surface area contributed by atoms with Gasteiger partial charge in [0.25, 0.3) is 5.56 Å². The van der Waals surface area contributed by atoms with Gasteiger partial charge in [-0.05, 0) is 41.5 Å². The summed E-state index contributed by atoms with van der Waals surface area (Å²) in [5, 5.41) is 8.14. The molecule has 0 saturated carbocycles. The molecule has 0 spiro atoms. The largest absolute Gasteiger partial charge is 0.454 e. The molecular formula is C24H20ClN5O4. The monoisotopic (exact) mass is 477 g/mol. The molecule has 34 heavy (non-hydrogen) atoms. The molecule has 4 aromatic rings. The van der Waals surface area contributed by atoms with Crippen molar-refractivity contribution in [3.05, 3.63) is 87.6 Å². The minimum absolute atomic E-state index is 0.179. The third-order valence-corrected chi connectivity index (χ3v) is 5.59. The summed E-state index contributed by atoms with van der Waals surface area (Å²) in [5.41, 5.74) is 2.07. The Morgan fingerprint density at radius 2 is 1.97 bits per heavy atom. The number of fused-ring (bicyclic) bond motifs is 2. The van der Waals surface area contributed by atoms with Crippen LogP contribution < -0.4 is 20.3 Å². The second-order valence-corrected chi connectivity index (χ2v) is 8.08. The Hall–Kier alpha value is -4.11. The van der Waals surface area contributed by atoms with E-state index in [1.165, 1.54) is 23.2 Å². The number of benzene rings is 2. The highest BCUT2D eigenvalue weighted by Gasteiger charge is 2.13. The first kappa shape index (κ1) is 21.7. The van der Waals surface area contributed by atoms with E-state index in [1.807, 2.05) is 24.3 Å². The zero-order chi connectivity index (χ0) is 23.5. The van der Waals surface area contributed by atoms with Crippen molar-refractivity contribution < 1.29 is 14.3 Å². The maximum absolute atomic E-state index is 12.8. The molecule has 9 nitrogen and oxygen atoms in total. The Morgan fingerprint density at radius 1 is 1.15 bits per heavy atom. The maximum Gasteiger partial charge on any atom is 0.264 e. The summed E-state index contributed by atoms with van der Waals surface area (Å²) in [4.78, 5) is 29.4. The van der Waals surface area contributed by atoms with E-state index in [0.717, 1.165) is 11.1 Å². The SMILES string of the molecule is O=C(C=Cc1ccc2c(c1)OCO2)NCCn1ncc2c(=O)n(Cc3ccc(Cl)cc3)cnc21. The number of amides is 1. The van der Waals surface area contributed by atoms with Crippen LogP contribution in [0.1, 0.15) is 11.1 Å². The summed E-state index contributed by atoms with van der Waals surface area (Å²) in [6.07, 6.45) is 6.16. The minimum Gasteiger partial charge on any atom is -0.454 e. The van der Waals surface area contributed by atoms with E-state index in [0.29, 0.717) is 47.2 Å². The lowest BCUT2D eigenvalue weighted by atomic mass is 10.2. The number of nitrogens with zero attached hydrogens (tertiary/aromatic N) is 4. The summed E-state index contributed by atoms with van der Waals surface area (Å²) in [7, 11) is 0. The summed E-state index contributed by atoms with van der Waals surface area (Å²) in [5.74, 6) is 1.11. The van der Waals surface area contributed by atoms with E-state index in [1.54, 1.807) is 29.0 Å². The van der Waals surface area contributed by atoms with Gasteiger partial charge in [-0.25, -0.2) is 9.67 Å². The van der Waals surface area contributed by atoms with Crippen LogP contribution in [0.25, 0.3) is 17.1 Å². The molecular weight excluding hydrogens is 458 g/mol. The molecule has 5 rings (SSSR count). The average Bonchev–Trinajstić information content (AvgIpc) is 3.48. The summed E-state index contributed by atoms with van der Waals surface area (Å²) >= 11 is 5.92. The smallest absolute Gasteiger partial charge is 0.264 e. The van der Waals surface area contributed by atoms with Crippen LogP contribution in [0.3, 0.4) is 0 Å². The zero-order valence-corrected chi connectivity index (χ0v) is 18.7. The van der Waals surface area contributed by atoms with Crippen molar-refractivity contribution in [2.45, 2.75) is 13.1 Å². The molecule has 0 saturated heterocycles. The van der Waals surface area contributed by atoms with Gasteiger partial charge in [0.05, 0.1) is 19.3 Å². The van der Waals surface area contributed by atoms with Gasteiger partial charge in [0, 0.05) is 17.6 Å². The maximum atomic E-state index is 12.8. The number of rotatable bonds is 7. The lowest BCUT2D eigenvalue weighted by Crippen LogP contribution is -2.26. The predicted octanol–water partition coefficient (Wildman–Crippen LogP) is 2.85. The van der Waals surface area contributed by atoms with Crippen LogP contribution in [-0.4, -0.2) is 38.6 Å². The van der Waals surface area contributed by atoms with Gasteiger partial charge >= 0.3 is 0 Å². The van der Waals surface area contributed by atoms with Crippen LogP contribution in [0.15, 0.2) is 65.9 Å². The van der Waals surface area contributed by atoms with E-state index in [9.17, 15) is 9.59 Å². The minimum atomic E-state index is -0.243. The Bertz CT molecular complexity index is 1440. The van der Waals surface area contributed by atoms with Crippen LogP contribution in [-0.2, 0) is 17.9 Å². The molecule has 10 heteroatoms. The Kier molecular flexibility index (Phi) is 6.01. The van der Waals surface area contributed by atoms with E-state index in [4.69, 9.17) is 21.1 Å². The number of nitrogens with one attached hydrogen (secondary N) is 1. The first-order valence-corrected chi connectivity index (χ1v) is 11.0. The zero-order valence-electron chi connectivity index (χ0n) is 18.0. The van der Waals surface area contributed by atoms with Crippen LogP contribution in [0.4, 0.5) is 0 Å². The third-order valence-electron chi connectivity index (χ3n) is 5.34. The number of halogens is 1. The van der Waals surface area contributed by atoms with Crippen molar-refractivity contribution in [1.82, 2.24) is 24.6 Å². The first-order chi connectivity index (χ1) is 16.6. The van der Waals surface area contributed by atoms with E-state index < -0.39 is 0 Å². The summed E-state index contributed by atoms with van der Waals surface area (Å²) < 4.78 is 13.7. The van der Waals surface area contributed by atoms with E-state index >= 15 is 0 Å². The highest BCUT2D eigenvalue weighted by Crippen LogP contribution is 2.32. The quantitative estimate of drug-likeness (QED) is 0.411. The molecule has 0 unspecified atom stereocenters. The molecule has 0 atom stereocenters. The fourth-order valence-corrected chi connectivity index (χ4v) is 3.72. The number of carbonyl (C=O) groups excluding carboxylic acids is 1. The molecule has 2 aromatic heterocycles. The van der Waals surface area contributed by atoms with Crippen molar-refractivity contribution in [3.8, 4) is 11.5 Å². The Balaban J connectivity index is 1.19. The number of hydrogen-bond donors (Lipinski definition) is 1. The highest BCUT2D eigenvalue weighted by atomic mass is 35.5. The predicted molar refractivity (Wildman–Crippen MR) is 127 cm³/mol. The average molecular weight is 478 g/mol. The molecule has 0 aliphatic carbocycles. The second-order valence-electron chi connectivity index (χ2n) is 7.65. The molecule has 0 bridgehead atoms. The molecule has 0 fully saturated rings. The van der Waals surface area contributed by atoms with Crippen LogP contribution in [0.5, 0.6) is 11.5 Å². The molecule has 172 valence electrons. The van der Waals surface area contributed by atoms with Gasteiger partial charge in [-0.2, -0.15) is 5.10 Å². The molecule has 3 heterocycles. The number of hydrogen-bond acceptors (Lipinski definition) is 6. The molecule has 0 radical (unpaired) electrons. The van der Waals surface area contributed by atoms with Crippen molar-refractivity contribution in [3.63, 3.8) is 0 Å². The molecule has 2 aromatic carbocycles. The molecule has 1 N–H and O–H groups in total. The first-order valence-electron chi connectivity index (χ1n) is 10.6. The van der Waals surface area contributed by atoms with Crippen LogP contribution >= 0.6 is 11.6 Å². The number of ether oxygens (including phenoxy) is 2. The van der Waals surface area contributed by atoms with Crippen molar-refractivity contribution in [2.24, 2.45) is 0 Å². The van der Waals surface area contributed by atoms with Gasteiger partial charge in [0.1, 0.15) is 11.7 Å². The van der Waals surface area contributed by atoms with Crippen LogP contribution in [0, 0.1) is 0 Å². The van der Waals surface area contributed by atoms with Gasteiger partial charge < -0.3 is 14.8 Å². The van der Waals surface area contributed by atoms with Gasteiger partial charge in [0.2, 0.25) is 12.7 Å². The second kappa shape index (κ2) is 9.40. The fourth-order valence-electron chi connectivity index (χ4n) is 3.59. The fraction of sp³-hybridized carbons (Fsp3) is 0.167. The van der Waals surface area contributed by atoms with Gasteiger partial charge in [-0.3, -0.25) is 14.2 Å². The van der Waals surface area contributed by atoms with E-state index in [2.05, 4.69) is 15.4 Å². The lowest BCUT2D eigenvalue weighted by Gasteiger charge is -2.07. The Labute approximate surface area is 199 Å². The van der Waals surface area contributed by atoms with Gasteiger partial charge in [0.15, 0.2) is 17.1 Å². The Morgan fingerprint density at radius 3 is 2.82 bits per heavy atom. The van der Waals surface area contributed by atoms with Gasteiger partial charge in [-0.15, -0.1) is 0 Å². The number of aromatic nitrogens is 4. The summed E-state index contributed by atoms with van der Waals surface area (Å²) in [6.45, 7) is 1.30. The highest BCUT2D eigenvalue weighted by molar-refractivity contribution is 6.30. The standard InChI is InChI=1S/C24H20ClN5O4/c25-18-5-1-17(2-6-18)13-29-14-27-23-19(24(29)32)12-28-30(23)10-9-26-22(31)8-4-16-3-7-20-21(11-16)34-15-33-20/h1-8,11-12,14H,9-10,13,15H2,(H,26,31). The topological polar surface area (TPSA) is 100 Å². The van der Waals surface area contributed by atoms with Crippen molar-refractivity contribution in [2.75, 3.05) is 13.3 Å². The van der Waals surface area contributed by atoms with Gasteiger partial charge in [-0.1, -0.05) is 29.8 Å². The molecule has 1 amide bonds. The molecule has 1 aliphatic heterocycles. The third kappa shape index (κ3) is 4.65. The van der Waals surface area contributed by atoms with Crippen LogP contribution in [0.2, 0.25) is 5.02 Å². The van der Waals surface area contributed by atoms with Crippen molar-refractivity contribution >= 4 is 34.6 Å². The van der Waals surface area contributed by atoms with E-state index in [-0.39, 0.29) is 18.3 Å². The normalized spacial score (nSPS) is 12.5. The summed E-state index contributed by atoms with van der Waals surface area (Å²) in [6, 6.07) is 12.8. The number of carbonyl (C=O) groups is 1. The van der Waals surface area contributed by atoms with Crippen molar-refractivity contribution in [1.29, 1.82) is 0 Å².